The number of carbonyl (C=O) groups is 2. The molecule has 0 radical (unpaired) electrons. The second-order valence-electron chi connectivity index (χ2n) is 2.80. The number of methoxy groups -OCH3 is 1. The number of carboxylic acids is 1. The van der Waals surface area contributed by atoms with Crippen molar-refractivity contribution in [2.45, 2.75) is 6.10 Å². The summed E-state index contributed by atoms with van der Waals surface area (Å²) in [5, 5.41) is 18.8. The first-order chi connectivity index (χ1) is 7.95. The maximum absolute atomic E-state index is 11.0. The molecule has 0 aliphatic heterocycles. The van der Waals surface area contributed by atoms with Crippen LogP contribution in [0.2, 0.25) is 0 Å². The molecule has 9 heteroatoms. The van der Waals surface area contributed by atoms with Crippen LogP contribution in [0.15, 0.2) is 5.38 Å². The number of aromatic nitrogens is 1. The summed E-state index contributed by atoms with van der Waals surface area (Å²) in [4.78, 5) is 25.7. The zero-order valence-corrected chi connectivity index (χ0v) is 10.1. The highest BCUT2D eigenvalue weighted by Crippen LogP contribution is 2.22. The summed E-state index contributed by atoms with van der Waals surface area (Å²) >= 11 is 6.17. The van der Waals surface area contributed by atoms with E-state index in [0.717, 1.165) is 11.3 Å². The fourth-order valence-corrected chi connectivity index (χ4v) is 1.73. The monoisotopic (exact) mass is 277 g/mol. The smallest absolute Gasteiger partial charge is 0.339 e. The van der Waals surface area contributed by atoms with Gasteiger partial charge in [-0.3, -0.25) is 15.5 Å². The summed E-state index contributed by atoms with van der Waals surface area (Å²) in [5.41, 5.74) is 0.168. The zero-order valence-electron chi connectivity index (χ0n) is 8.56. The lowest BCUT2D eigenvalue weighted by Gasteiger charge is -2.06. The molecule has 0 saturated heterocycles. The normalized spacial score (nSPS) is 11.9. The Morgan fingerprint density at radius 1 is 1.71 bits per heavy atom. The summed E-state index contributed by atoms with van der Waals surface area (Å²) in [6, 6.07) is 0. The van der Waals surface area contributed by atoms with E-state index in [4.69, 9.17) is 26.9 Å². The highest BCUT2D eigenvalue weighted by atomic mass is 35.5. The third kappa shape index (κ3) is 3.48. The molecule has 0 aliphatic rings. The molecule has 0 bridgehead atoms. The maximum atomic E-state index is 11.0. The molecule has 17 heavy (non-hydrogen) atoms. The van der Waals surface area contributed by atoms with E-state index in [1.807, 2.05) is 0 Å². The zero-order chi connectivity index (χ0) is 13.0. The average molecular weight is 278 g/mol. The minimum Gasteiger partial charge on any atom is -0.479 e. The number of anilines is 1. The minimum atomic E-state index is -1.19. The number of amides is 1. The number of halogens is 1. The lowest BCUT2D eigenvalue weighted by atomic mass is 10.3. The Bertz CT molecular complexity index is 461. The van der Waals surface area contributed by atoms with Gasteiger partial charge in [-0.25, -0.2) is 9.78 Å². The van der Waals surface area contributed by atoms with Gasteiger partial charge in [-0.05, 0) is 0 Å². The molecule has 0 aromatic carbocycles. The summed E-state index contributed by atoms with van der Waals surface area (Å²) in [6.07, 6.45) is -1.19. The Kier molecular flexibility index (Phi) is 4.55. The van der Waals surface area contributed by atoms with Crippen LogP contribution in [0.3, 0.4) is 0 Å². The topological polar surface area (TPSA) is 112 Å². The fraction of sp³-hybridized carbons (Fsp3) is 0.250. The number of ether oxygens (including phenoxy) is 1. The van der Waals surface area contributed by atoms with E-state index in [9.17, 15) is 9.59 Å². The van der Waals surface area contributed by atoms with Gasteiger partial charge in [0, 0.05) is 12.5 Å². The van der Waals surface area contributed by atoms with Crippen LogP contribution in [-0.2, 0) is 14.3 Å². The van der Waals surface area contributed by atoms with Crippen molar-refractivity contribution < 1.29 is 19.4 Å². The molecule has 7 nitrogen and oxygen atoms in total. The van der Waals surface area contributed by atoms with Gasteiger partial charge in [-0.1, -0.05) is 11.6 Å². The molecule has 1 aromatic rings. The van der Waals surface area contributed by atoms with Gasteiger partial charge in [0.15, 0.2) is 16.4 Å². The summed E-state index contributed by atoms with van der Waals surface area (Å²) in [5.74, 6) is -1.99. The first-order valence-electron chi connectivity index (χ1n) is 4.22. The Hall–Kier alpha value is -1.51. The van der Waals surface area contributed by atoms with Crippen LogP contribution < -0.4 is 5.32 Å². The third-order valence-electron chi connectivity index (χ3n) is 1.67. The van der Waals surface area contributed by atoms with Crippen LogP contribution >= 0.6 is 22.9 Å². The number of carbonyl (C=O) groups excluding carboxylic acids is 1. The molecule has 0 saturated carbocycles. The number of nitrogens with zero attached hydrogens (tertiary/aromatic N) is 1. The number of thiazole rings is 1. The Morgan fingerprint density at radius 3 is 2.82 bits per heavy atom. The van der Waals surface area contributed by atoms with Crippen molar-refractivity contribution in [3.8, 4) is 0 Å². The van der Waals surface area contributed by atoms with E-state index in [0.29, 0.717) is 0 Å². The van der Waals surface area contributed by atoms with Crippen LogP contribution in [0.1, 0.15) is 11.8 Å². The predicted molar refractivity (Wildman–Crippen MR) is 61.7 cm³/mol. The number of aliphatic carboxylic acids is 1. The SMILES string of the molecule is COC(C(=O)O)c1csc(NC(=O)C(=N)Cl)n1. The van der Waals surface area contributed by atoms with Crippen molar-refractivity contribution in [2.75, 3.05) is 12.4 Å². The van der Waals surface area contributed by atoms with Gasteiger partial charge < -0.3 is 9.84 Å². The van der Waals surface area contributed by atoms with Crippen molar-refractivity contribution in [3.05, 3.63) is 11.1 Å². The van der Waals surface area contributed by atoms with Gasteiger partial charge in [-0.15, -0.1) is 11.3 Å². The van der Waals surface area contributed by atoms with Crippen LogP contribution in [-0.4, -0.2) is 34.2 Å². The molecular formula is C8H8ClN3O4S. The van der Waals surface area contributed by atoms with E-state index in [-0.39, 0.29) is 10.8 Å². The largest absolute Gasteiger partial charge is 0.479 e. The quantitative estimate of drug-likeness (QED) is 0.697. The van der Waals surface area contributed by atoms with Gasteiger partial charge in [0.2, 0.25) is 0 Å². The van der Waals surface area contributed by atoms with E-state index in [1.165, 1.54) is 12.5 Å². The highest BCUT2D eigenvalue weighted by molar-refractivity contribution is 7.14. The van der Waals surface area contributed by atoms with Gasteiger partial charge in [-0.2, -0.15) is 0 Å². The first kappa shape index (κ1) is 13.6. The van der Waals surface area contributed by atoms with Crippen molar-refractivity contribution in [1.82, 2.24) is 4.98 Å². The molecule has 3 N–H and O–H groups in total. The van der Waals surface area contributed by atoms with Crippen LogP contribution in [0.25, 0.3) is 0 Å². The summed E-state index contributed by atoms with van der Waals surface area (Å²) < 4.78 is 4.73. The number of hydrogen-bond donors (Lipinski definition) is 3. The molecule has 1 heterocycles. The van der Waals surface area contributed by atoms with Crippen molar-refractivity contribution in [1.29, 1.82) is 5.41 Å². The highest BCUT2D eigenvalue weighted by Gasteiger charge is 2.22. The summed E-state index contributed by atoms with van der Waals surface area (Å²) in [7, 11) is 1.24. The molecule has 0 aliphatic carbocycles. The molecule has 1 atom stereocenters. The lowest BCUT2D eigenvalue weighted by Crippen LogP contribution is -2.18. The van der Waals surface area contributed by atoms with Gasteiger partial charge >= 0.3 is 5.97 Å². The molecule has 1 unspecified atom stereocenters. The van der Waals surface area contributed by atoms with E-state index in [2.05, 4.69) is 10.3 Å². The first-order valence-corrected chi connectivity index (χ1v) is 5.48. The second kappa shape index (κ2) is 5.71. The van der Waals surface area contributed by atoms with Crippen molar-refractivity contribution in [2.24, 2.45) is 0 Å². The minimum absolute atomic E-state index is 0.152. The van der Waals surface area contributed by atoms with Crippen LogP contribution in [0.5, 0.6) is 0 Å². The van der Waals surface area contributed by atoms with Crippen molar-refractivity contribution >= 4 is 45.1 Å². The molecule has 0 spiro atoms. The second-order valence-corrected chi connectivity index (χ2v) is 4.04. The lowest BCUT2D eigenvalue weighted by molar-refractivity contribution is -0.149. The molecule has 92 valence electrons. The summed E-state index contributed by atoms with van der Waals surface area (Å²) in [6.45, 7) is 0. The van der Waals surface area contributed by atoms with Crippen LogP contribution in [0.4, 0.5) is 5.13 Å². The molecule has 1 rings (SSSR count). The molecule has 1 aromatic heterocycles. The molecular weight excluding hydrogens is 270 g/mol. The van der Waals surface area contributed by atoms with Crippen molar-refractivity contribution in [3.63, 3.8) is 0 Å². The molecule has 1 amide bonds. The van der Waals surface area contributed by atoms with Gasteiger partial charge in [0.25, 0.3) is 5.91 Å². The Balaban J connectivity index is 2.81. The predicted octanol–water partition coefficient (Wildman–Crippen LogP) is 1.07. The number of hydrogen-bond acceptors (Lipinski definition) is 6. The molecule has 0 fully saturated rings. The number of nitrogens with one attached hydrogen (secondary N) is 2. The van der Waals surface area contributed by atoms with E-state index < -0.39 is 23.2 Å². The van der Waals surface area contributed by atoms with Gasteiger partial charge in [0.1, 0.15) is 0 Å². The fourth-order valence-electron chi connectivity index (χ4n) is 0.964. The standard InChI is InChI=1S/C8H8ClN3O4S/c1-16-4(7(14)15)3-2-17-8(11-3)12-6(13)5(9)10/h2,4,10H,1H3,(H,14,15)(H,11,12,13). The van der Waals surface area contributed by atoms with Crippen LogP contribution in [0, 0.1) is 5.41 Å². The third-order valence-corrected chi connectivity index (χ3v) is 2.62. The number of carboxylic acid groups (broad SMARTS) is 1. The maximum Gasteiger partial charge on any atom is 0.339 e. The number of rotatable bonds is 5. The van der Waals surface area contributed by atoms with E-state index >= 15 is 0 Å². The average Bonchev–Trinajstić information content (AvgIpc) is 2.66. The van der Waals surface area contributed by atoms with E-state index in [1.54, 1.807) is 0 Å². The Morgan fingerprint density at radius 2 is 2.35 bits per heavy atom. The van der Waals surface area contributed by atoms with Gasteiger partial charge in [0.05, 0.1) is 5.69 Å². The Labute approximate surface area is 105 Å².